The second-order valence-corrected chi connectivity index (χ2v) is 7.86. The first-order valence-corrected chi connectivity index (χ1v) is 8.80. The molecule has 7 heteroatoms. The van der Waals surface area contributed by atoms with Gasteiger partial charge in [-0.2, -0.15) is 4.31 Å². The molecule has 2 rings (SSSR count). The number of piperidine rings is 1. The van der Waals surface area contributed by atoms with Gasteiger partial charge in [0.25, 0.3) is 0 Å². The van der Waals surface area contributed by atoms with E-state index in [1.54, 1.807) is 0 Å². The fourth-order valence-electron chi connectivity index (χ4n) is 2.53. The van der Waals surface area contributed by atoms with E-state index in [-0.39, 0.29) is 21.5 Å². The maximum atomic E-state index is 13.3. The minimum absolute atomic E-state index is 0.0957. The average molecular weight is 365 g/mol. The summed E-state index contributed by atoms with van der Waals surface area (Å²) in [6, 6.07) is 3.33. The number of benzene rings is 1. The molecule has 1 aromatic carbocycles. The van der Waals surface area contributed by atoms with Gasteiger partial charge in [0.1, 0.15) is 5.82 Å². The van der Waals surface area contributed by atoms with Crippen molar-refractivity contribution in [1.29, 1.82) is 0 Å². The Kier molecular flexibility index (Phi) is 4.84. The van der Waals surface area contributed by atoms with E-state index >= 15 is 0 Å². The molecule has 1 heterocycles. The standard InChI is InChI=1S/C13H18BrFN2O2S/c1-9(16)13-4-2-3-7-17(13)20(18,19)10-5-6-12(15)11(14)8-10/h5-6,8-9,13H,2-4,7,16H2,1H3. The number of nitrogens with zero attached hydrogens (tertiary/aromatic N) is 1. The third kappa shape index (κ3) is 3.05. The highest BCUT2D eigenvalue weighted by molar-refractivity contribution is 9.10. The maximum Gasteiger partial charge on any atom is 0.243 e. The minimum atomic E-state index is -3.64. The lowest BCUT2D eigenvalue weighted by Gasteiger charge is -2.36. The zero-order valence-electron chi connectivity index (χ0n) is 11.2. The first-order chi connectivity index (χ1) is 9.34. The van der Waals surface area contributed by atoms with Crippen molar-refractivity contribution in [1.82, 2.24) is 4.31 Å². The Morgan fingerprint density at radius 2 is 2.15 bits per heavy atom. The molecule has 0 amide bonds. The number of sulfonamides is 1. The summed E-state index contributed by atoms with van der Waals surface area (Å²) in [4.78, 5) is 0.0957. The van der Waals surface area contributed by atoms with Crippen LogP contribution in [0.25, 0.3) is 0 Å². The topological polar surface area (TPSA) is 63.4 Å². The monoisotopic (exact) mass is 364 g/mol. The molecule has 4 nitrogen and oxygen atoms in total. The van der Waals surface area contributed by atoms with Crippen molar-refractivity contribution in [3.8, 4) is 0 Å². The van der Waals surface area contributed by atoms with Crippen molar-refractivity contribution in [2.45, 2.75) is 43.2 Å². The molecule has 0 saturated carbocycles. The highest BCUT2D eigenvalue weighted by Gasteiger charge is 2.35. The molecule has 0 aliphatic carbocycles. The van der Waals surface area contributed by atoms with Crippen LogP contribution in [0.4, 0.5) is 4.39 Å². The number of hydrogen-bond donors (Lipinski definition) is 1. The Morgan fingerprint density at radius 1 is 1.45 bits per heavy atom. The van der Waals surface area contributed by atoms with Gasteiger partial charge in [-0.15, -0.1) is 0 Å². The number of nitrogens with two attached hydrogens (primary N) is 1. The highest BCUT2D eigenvalue weighted by Crippen LogP contribution is 2.28. The van der Waals surface area contributed by atoms with E-state index in [2.05, 4.69) is 15.9 Å². The summed E-state index contributed by atoms with van der Waals surface area (Å²) in [6.07, 6.45) is 2.56. The van der Waals surface area contributed by atoms with E-state index in [9.17, 15) is 12.8 Å². The van der Waals surface area contributed by atoms with Gasteiger partial charge in [0.2, 0.25) is 10.0 Å². The molecule has 112 valence electrons. The van der Waals surface area contributed by atoms with Crippen LogP contribution in [0.15, 0.2) is 27.6 Å². The van der Waals surface area contributed by atoms with Crippen molar-refractivity contribution in [2.75, 3.05) is 6.54 Å². The van der Waals surface area contributed by atoms with Crippen molar-refractivity contribution in [3.05, 3.63) is 28.5 Å². The normalized spacial score (nSPS) is 22.7. The van der Waals surface area contributed by atoms with Gasteiger partial charge in [-0.05, 0) is 53.9 Å². The van der Waals surface area contributed by atoms with Gasteiger partial charge in [0.05, 0.1) is 9.37 Å². The molecule has 0 aromatic heterocycles. The molecule has 1 aliphatic heterocycles. The Balaban J connectivity index is 2.39. The van der Waals surface area contributed by atoms with Crippen molar-refractivity contribution in [2.24, 2.45) is 5.73 Å². The van der Waals surface area contributed by atoms with Crippen LogP contribution in [0, 0.1) is 5.82 Å². The van der Waals surface area contributed by atoms with Crippen LogP contribution in [-0.2, 0) is 10.0 Å². The molecule has 2 unspecified atom stereocenters. The lowest BCUT2D eigenvalue weighted by molar-refractivity contribution is 0.227. The van der Waals surface area contributed by atoms with Gasteiger partial charge in [-0.1, -0.05) is 6.42 Å². The third-order valence-corrected chi connectivity index (χ3v) is 6.13. The summed E-state index contributed by atoms with van der Waals surface area (Å²) in [6.45, 7) is 2.28. The Labute approximate surface area is 127 Å². The zero-order chi connectivity index (χ0) is 14.9. The van der Waals surface area contributed by atoms with E-state index in [4.69, 9.17) is 5.73 Å². The smallest absolute Gasteiger partial charge is 0.243 e. The second-order valence-electron chi connectivity index (χ2n) is 5.11. The molecule has 1 aromatic rings. The summed E-state index contributed by atoms with van der Waals surface area (Å²) >= 11 is 3.02. The van der Waals surface area contributed by atoms with Gasteiger partial charge in [-0.25, -0.2) is 12.8 Å². The fraction of sp³-hybridized carbons (Fsp3) is 0.538. The lowest BCUT2D eigenvalue weighted by Crippen LogP contribution is -2.51. The van der Waals surface area contributed by atoms with Crippen molar-refractivity contribution in [3.63, 3.8) is 0 Å². The summed E-state index contributed by atoms with van der Waals surface area (Å²) in [5, 5.41) is 0. The van der Waals surface area contributed by atoms with Crippen LogP contribution in [0.3, 0.4) is 0 Å². The van der Waals surface area contributed by atoms with E-state index in [1.807, 2.05) is 6.92 Å². The van der Waals surface area contributed by atoms with Crippen LogP contribution >= 0.6 is 15.9 Å². The molecule has 0 spiro atoms. The first-order valence-electron chi connectivity index (χ1n) is 6.56. The van der Waals surface area contributed by atoms with Crippen molar-refractivity contribution >= 4 is 26.0 Å². The molecule has 0 radical (unpaired) electrons. The molecular formula is C13H18BrFN2O2S. The van der Waals surface area contributed by atoms with Crippen LogP contribution < -0.4 is 5.73 Å². The summed E-state index contributed by atoms with van der Waals surface area (Å²) in [5.41, 5.74) is 5.91. The first kappa shape index (κ1) is 15.9. The van der Waals surface area contributed by atoms with Crippen LogP contribution in [0.1, 0.15) is 26.2 Å². The molecule has 1 fully saturated rings. The molecule has 2 N–H and O–H groups in total. The largest absolute Gasteiger partial charge is 0.326 e. The lowest BCUT2D eigenvalue weighted by atomic mass is 10.00. The van der Waals surface area contributed by atoms with E-state index in [0.717, 1.165) is 25.3 Å². The van der Waals surface area contributed by atoms with Gasteiger partial charge in [0, 0.05) is 18.6 Å². The number of hydrogen-bond acceptors (Lipinski definition) is 3. The van der Waals surface area contributed by atoms with E-state index < -0.39 is 15.8 Å². The van der Waals surface area contributed by atoms with Gasteiger partial charge in [-0.3, -0.25) is 0 Å². The SMILES string of the molecule is CC(N)C1CCCCN1S(=O)(=O)c1ccc(F)c(Br)c1. The predicted octanol–water partition coefficient (Wildman–Crippen LogP) is 2.48. The molecule has 20 heavy (non-hydrogen) atoms. The van der Waals surface area contributed by atoms with E-state index in [0.29, 0.717) is 6.54 Å². The zero-order valence-corrected chi connectivity index (χ0v) is 13.6. The predicted molar refractivity (Wildman–Crippen MR) is 79.3 cm³/mol. The molecule has 2 atom stereocenters. The van der Waals surface area contributed by atoms with E-state index in [1.165, 1.54) is 16.4 Å². The van der Waals surface area contributed by atoms with Crippen LogP contribution in [0.5, 0.6) is 0 Å². The van der Waals surface area contributed by atoms with Gasteiger partial charge >= 0.3 is 0 Å². The summed E-state index contributed by atoms with van der Waals surface area (Å²) in [5.74, 6) is -0.480. The molecule has 0 bridgehead atoms. The average Bonchev–Trinajstić information content (AvgIpc) is 2.41. The highest BCUT2D eigenvalue weighted by atomic mass is 79.9. The quantitative estimate of drug-likeness (QED) is 0.895. The fourth-order valence-corrected chi connectivity index (χ4v) is 4.86. The van der Waals surface area contributed by atoms with Crippen LogP contribution in [0.2, 0.25) is 0 Å². The Morgan fingerprint density at radius 3 is 2.75 bits per heavy atom. The number of halogens is 2. The summed E-state index contributed by atoms with van der Waals surface area (Å²) < 4.78 is 40.2. The molecule has 1 aliphatic rings. The van der Waals surface area contributed by atoms with Gasteiger partial charge < -0.3 is 5.73 Å². The Bertz CT molecular complexity index is 592. The minimum Gasteiger partial charge on any atom is -0.326 e. The van der Waals surface area contributed by atoms with Crippen LogP contribution in [-0.4, -0.2) is 31.4 Å². The van der Waals surface area contributed by atoms with Gasteiger partial charge in [0.15, 0.2) is 0 Å². The summed E-state index contributed by atoms with van der Waals surface area (Å²) in [7, 11) is -3.64. The number of rotatable bonds is 3. The Hall–Kier alpha value is -0.500. The molecule has 1 saturated heterocycles. The third-order valence-electron chi connectivity index (χ3n) is 3.60. The maximum absolute atomic E-state index is 13.3. The molecular weight excluding hydrogens is 347 g/mol. The van der Waals surface area contributed by atoms with Crippen molar-refractivity contribution < 1.29 is 12.8 Å². The second kappa shape index (κ2) is 6.09.